The number of anilines is 2. The lowest BCUT2D eigenvalue weighted by Gasteiger charge is -2.44. The molecule has 3 aliphatic heterocycles. The molecule has 2 atom stereocenters. The molecule has 16 nitrogen and oxygen atoms in total. The van der Waals surface area contributed by atoms with E-state index in [-0.39, 0.29) is 92.8 Å². The second kappa shape index (κ2) is 34.5. The summed E-state index contributed by atoms with van der Waals surface area (Å²) >= 11 is 0. The predicted molar refractivity (Wildman–Crippen MR) is 368 cm³/mol. The molecule has 98 heavy (non-hydrogen) atoms. The third kappa shape index (κ3) is 19.5. The monoisotopic (exact) mass is 1430 g/mol. The number of rotatable bonds is 24. The Balaban J connectivity index is 0.00000451. The minimum atomic E-state index is -5.15. The van der Waals surface area contributed by atoms with Gasteiger partial charge in [0.2, 0.25) is 11.8 Å². The molecular formula is C72H84Cl3F7N8O8. The molecule has 530 valence electrons. The number of carbonyl (C=O) groups is 5. The summed E-state index contributed by atoms with van der Waals surface area (Å²) in [5.74, 6) is -1.92. The number of amides is 5. The van der Waals surface area contributed by atoms with Crippen molar-refractivity contribution in [2.75, 3.05) is 117 Å². The van der Waals surface area contributed by atoms with Crippen LogP contribution in [-0.2, 0) is 53.6 Å². The van der Waals surface area contributed by atoms with Crippen LogP contribution in [0.5, 0.6) is 0 Å². The normalized spacial score (nSPS) is 17.7. The number of para-hydroxylation sites is 1. The molecular weight excluding hydrogens is 1340 g/mol. The lowest BCUT2D eigenvalue weighted by Crippen LogP contribution is -2.50. The van der Waals surface area contributed by atoms with Crippen LogP contribution < -0.4 is 10.6 Å². The Bertz CT molecular complexity index is 3610. The minimum Gasteiger partial charge on any atom is -0.446 e. The Hall–Kier alpha value is -7.51. The second-order valence-electron chi connectivity index (χ2n) is 25.3. The summed E-state index contributed by atoms with van der Waals surface area (Å²) in [5, 5.41) is 6.27. The number of nitrogens with one attached hydrogen (secondary N) is 2. The number of benzene rings is 6. The van der Waals surface area contributed by atoms with Crippen molar-refractivity contribution < 1.29 is 68.9 Å². The van der Waals surface area contributed by atoms with Crippen LogP contribution in [0.15, 0.2) is 146 Å². The fraction of sp³-hybridized carbons (Fsp3) is 0.431. The van der Waals surface area contributed by atoms with Gasteiger partial charge in [0, 0.05) is 108 Å². The standard InChI is InChI=1S/C72H81F7N8O8.3ClH/c1-82(34-12-35-84(3)66(90)51-20-26-58(27-21-51)80-33-11-19-64(88)83(2)41-42-85-36-28-59(29-37-85)95-68(92)81-62-18-10-8-16-60(62)50-13-5-4-6-14-50)65(89)47-93-63-45-52-15-7-9-17-61(52)69(63)30-38-86(39-31-69)40-32-70(54-22-24-57(73)25-23-54)48-87(49-94-70)67(91)53-43-55(71(74,75)76)46-56(44-53)72(77,78)79;;;/h4-10,13-18,20-27,43-44,46,59,63,80H,11-12,19,28-42,45,47-49H2,1-3H3,(H,81,92);3*1H/t63-,70+;;;/m0.../s1. The zero-order chi connectivity index (χ0) is 67.5. The van der Waals surface area contributed by atoms with E-state index < -0.39 is 64.6 Å². The lowest BCUT2D eigenvalue weighted by molar-refractivity contribution is -0.143. The van der Waals surface area contributed by atoms with Gasteiger partial charge in [-0.05, 0) is 147 Å². The number of hydrogen-bond donors (Lipinski definition) is 2. The van der Waals surface area contributed by atoms with E-state index in [0.29, 0.717) is 126 Å². The van der Waals surface area contributed by atoms with E-state index in [1.165, 1.54) is 24.3 Å². The molecule has 4 aliphatic rings. The lowest BCUT2D eigenvalue weighted by atomic mass is 9.72. The van der Waals surface area contributed by atoms with Crippen LogP contribution in [0.4, 0.5) is 46.9 Å². The van der Waals surface area contributed by atoms with Crippen LogP contribution in [0.2, 0.25) is 0 Å². The van der Waals surface area contributed by atoms with Crippen LogP contribution in [0.25, 0.3) is 11.1 Å². The second-order valence-corrected chi connectivity index (χ2v) is 25.3. The number of nitrogens with zero attached hydrogens (tertiary/aromatic N) is 6. The van der Waals surface area contributed by atoms with Crippen LogP contribution in [0, 0.1) is 5.82 Å². The Morgan fingerprint density at radius 2 is 1.27 bits per heavy atom. The smallest absolute Gasteiger partial charge is 0.416 e. The van der Waals surface area contributed by atoms with E-state index in [2.05, 4.69) is 32.6 Å². The van der Waals surface area contributed by atoms with Gasteiger partial charge in [0.25, 0.3) is 11.8 Å². The maximum atomic E-state index is 14.2. The first-order valence-corrected chi connectivity index (χ1v) is 32.3. The fourth-order valence-corrected chi connectivity index (χ4v) is 13.4. The Labute approximate surface area is 585 Å². The van der Waals surface area contributed by atoms with E-state index in [9.17, 15) is 54.7 Å². The van der Waals surface area contributed by atoms with Crippen molar-refractivity contribution in [2.45, 2.75) is 93.4 Å². The number of piperidine rings is 2. The molecule has 0 aromatic heterocycles. The number of halogens is 10. The van der Waals surface area contributed by atoms with Crippen LogP contribution in [-0.4, -0.2) is 178 Å². The topological polar surface area (TPSA) is 157 Å². The SMILES string of the molecule is CN(CCN1CCC(OC(=O)Nc2ccccc2-c2ccccc2)CC1)C(=O)CCCNc1ccc(C(=O)N(C)CCCN(C)C(=O)CO[C@H]2Cc3ccccc3C23CCN(CC[C@]2(c4ccc(F)cc4)CN(C(=O)c4cc(C(F)(F)F)cc(C(F)(F)F)c4)CO2)CC3)cc1.Cl.Cl.Cl. The average molecular weight is 1430 g/mol. The average Bonchev–Trinajstić information content (AvgIpc) is 1.58. The molecule has 3 heterocycles. The third-order valence-corrected chi connectivity index (χ3v) is 19.0. The molecule has 0 bridgehead atoms. The Kier molecular flexibility index (Phi) is 27.4. The maximum Gasteiger partial charge on any atom is 0.416 e. The van der Waals surface area contributed by atoms with Gasteiger partial charge in [-0.2, -0.15) is 26.3 Å². The van der Waals surface area contributed by atoms with Crippen molar-refractivity contribution >= 4 is 78.3 Å². The Morgan fingerprint density at radius 3 is 1.94 bits per heavy atom. The summed E-state index contributed by atoms with van der Waals surface area (Å²) in [4.78, 5) is 77.3. The van der Waals surface area contributed by atoms with Crippen LogP contribution >= 0.6 is 37.2 Å². The molecule has 5 amide bonds. The largest absolute Gasteiger partial charge is 0.446 e. The highest BCUT2D eigenvalue weighted by Crippen LogP contribution is 2.48. The molecule has 0 unspecified atom stereocenters. The quantitative estimate of drug-likeness (QED) is 0.0439. The number of fused-ring (bicyclic) bond motifs is 2. The van der Waals surface area contributed by atoms with Crippen LogP contribution in [0.3, 0.4) is 0 Å². The number of likely N-dealkylation sites (tertiary alicyclic amines) is 2. The molecule has 2 N–H and O–H groups in total. The summed E-state index contributed by atoms with van der Waals surface area (Å²) < 4.78 is 116. The van der Waals surface area contributed by atoms with Crippen molar-refractivity contribution in [3.8, 4) is 11.1 Å². The number of carbonyl (C=O) groups excluding carboxylic acids is 5. The first-order chi connectivity index (χ1) is 45.5. The number of alkyl halides is 6. The van der Waals surface area contributed by atoms with E-state index >= 15 is 0 Å². The summed E-state index contributed by atoms with van der Waals surface area (Å²) in [6, 6.07) is 39.1. The van der Waals surface area contributed by atoms with Gasteiger partial charge in [0.15, 0.2) is 0 Å². The van der Waals surface area contributed by atoms with Gasteiger partial charge >= 0.3 is 18.4 Å². The predicted octanol–water partition coefficient (Wildman–Crippen LogP) is 13.5. The van der Waals surface area contributed by atoms with Gasteiger partial charge in [-0.3, -0.25) is 24.5 Å². The summed E-state index contributed by atoms with van der Waals surface area (Å²) in [5.41, 5.74) is 1.05. The van der Waals surface area contributed by atoms with Gasteiger partial charge in [0.05, 0.1) is 29.5 Å². The van der Waals surface area contributed by atoms with Crippen molar-refractivity contribution in [2.24, 2.45) is 0 Å². The molecule has 0 radical (unpaired) electrons. The van der Waals surface area contributed by atoms with E-state index in [1.54, 1.807) is 40.9 Å². The molecule has 3 saturated heterocycles. The van der Waals surface area contributed by atoms with Gasteiger partial charge < -0.3 is 48.9 Å². The number of ether oxygens (including phenoxy) is 3. The first-order valence-electron chi connectivity index (χ1n) is 32.3. The summed E-state index contributed by atoms with van der Waals surface area (Å²) in [6.07, 6.45) is -6.12. The molecule has 6 aromatic carbocycles. The number of hydrogen-bond acceptors (Lipinski definition) is 11. The van der Waals surface area contributed by atoms with Crippen molar-refractivity contribution in [3.05, 3.63) is 190 Å². The van der Waals surface area contributed by atoms with Gasteiger partial charge in [-0.25, -0.2) is 9.18 Å². The first kappa shape index (κ1) is 77.8. The molecule has 0 saturated carbocycles. The zero-order valence-electron chi connectivity index (χ0n) is 54.9. The highest BCUT2D eigenvalue weighted by Gasteiger charge is 2.50. The van der Waals surface area contributed by atoms with Crippen molar-refractivity contribution in [3.63, 3.8) is 0 Å². The van der Waals surface area contributed by atoms with Crippen LogP contribution in [0.1, 0.15) is 99.9 Å². The van der Waals surface area contributed by atoms with Crippen molar-refractivity contribution in [1.29, 1.82) is 0 Å². The zero-order valence-corrected chi connectivity index (χ0v) is 57.3. The maximum absolute atomic E-state index is 14.2. The third-order valence-electron chi connectivity index (χ3n) is 19.0. The van der Waals surface area contributed by atoms with Gasteiger partial charge in [-0.1, -0.05) is 84.9 Å². The van der Waals surface area contributed by atoms with E-state index in [1.807, 2.05) is 85.9 Å². The van der Waals surface area contributed by atoms with E-state index in [4.69, 9.17) is 14.2 Å². The van der Waals surface area contributed by atoms with Crippen molar-refractivity contribution in [1.82, 2.24) is 29.4 Å². The summed E-state index contributed by atoms with van der Waals surface area (Å²) in [7, 11) is 5.25. The van der Waals surface area contributed by atoms with Gasteiger partial charge in [0.1, 0.15) is 30.9 Å². The van der Waals surface area contributed by atoms with Gasteiger partial charge in [-0.15, -0.1) is 37.2 Å². The molecule has 1 aliphatic carbocycles. The highest BCUT2D eigenvalue weighted by atomic mass is 35.5. The fourth-order valence-electron chi connectivity index (χ4n) is 13.4. The molecule has 1 spiro atoms. The Morgan fingerprint density at radius 1 is 0.653 bits per heavy atom. The molecule has 10 rings (SSSR count). The summed E-state index contributed by atoms with van der Waals surface area (Å²) in [6.45, 7) is 5.02. The molecule has 26 heteroatoms. The number of likely N-dealkylation sites (N-methyl/N-ethyl adjacent to an activating group) is 2. The van der Waals surface area contributed by atoms with E-state index in [0.717, 1.165) is 52.5 Å². The molecule has 6 aromatic rings. The minimum absolute atomic E-state index is 0. The molecule has 3 fully saturated rings. The highest BCUT2D eigenvalue weighted by molar-refractivity contribution is 5.95.